The van der Waals surface area contributed by atoms with Gasteiger partial charge >= 0.3 is 0 Å². The van der Waals surface area contributed by atoms with Gasteiger partial charge in [-0.3, -0.25) is 4.90 Å². The number of nitrogens with zero attached hydrogens (tertiary/aromatic N) is 1. The lowest BCUT2D eigenvalue weighted by Crippen LogP contribution is -2.46. The van der Waals surface area contributed by atoms with E-state index >= 15 is 0 Å². The molecule has 5 heteroatoms. The first-order chi connectivity index (χ1) is 16.5. The molecule has 3 atom stereocenters. The Balaban J connectivity index is 1.23. The number of aryl methyl sites for hydroxylation is 1. The summed E-state index contributed by atoms with van der Waals surface area (Å²) in [7, 11) is 0. The van der Waals surface area contributed by atoms with Gasteiger partial charge in [0, 0.05) is 17.8 Å². The molecule has 1 unspecified atom stereocenters. The van der Waals surface area contributed by atoms with Crippen LogP contribution < -0.4 is 5.73 Å². The maximum atomic E-state index is 13.5. The Morgan fingerprint density at radius 3 is 1.85 bits per heavy atom. The molecule has 0 spiro atoms. The van der Waals surface area contributed by atoms with Crippen molar-refractivity contribution in [1.29, 1.82) is 0 Å². The molecule has 2 heterocycles. The predicted octanol–water partition coefficient (Wildman–Crippen LogP) is 6.28. The summed E-state index contributed by atoms with van der Waals surface area (Å²) in [6.45, 7) is 1.10. The number of nitrogens with two attached hydrogens (primary N) is 1. The van der Waals surface area contributed by atoms with Gasteiger partial charge in [0.05, 0.1) is 6.10 Å². The zero-order valence-electron chi connectivity index (χ0n) is 19.4. The van der Waals surface area contributed by atoms with Crippen LogP contribution in [0.4, 0.5) is 14.5 Å². The smallest absolute Gasteiger partial charge is 0.123 e. The molecule has 2 aliphatic rings. The molecule has 0 aromatic heterocycles. The van der Waals surface area contributed by atoms with Crippen LogP contribution in [-0.4, -0.2) is 29.6 Å². The average Bonchev–Trinajstić information content (AvgIpc) is 3.07. The molecule has 2 bridgehead atoms. The van der Waals surface area contributed by atoms with E-state index in [9.17, 15) is 8.78 Å². The number of fused-ring (bicyclic) bond motifs is 2. The maximum Gasteiger partial charge on any atom is 0.123 e. The molecule has 0 radical (unpaired) electrons. The molecule has 5 rings (SSSR count). The zero-order chi connectivity index (χ0) is 23.5. The minimum atomic E-state index is -0.331. The summed E-state index contributed by atoms with van der Waals surface area (Å²) >= 11 is 0. The van der Waals surface area contributed by atoms with Crippen molar-refractivity contribution in [3.8, 4) is 0 Å². The molecule has 0 amide bonds. The normalized spacial score (nSPS) is 22.4. The summed E-state index contributed by atoms with van der Waals surface area (Å²) in [6, 6.07) is 22.2. The van der Waals surface area contributed by atoms with E-state index in [-0.39, 0.29) is 23.8 Å². The second-order valence-electron chi connectivity index (χ2n) is 9.68. The fourth-order valence-electron chi connectivity index (χ4n) is 5.67. The van der Waals surface area contributed by atoms with Crippen LogP contribution in [0.5, 0.6) is 0 Å². The number of anilines is 1. The second-order valence-corrected chi connectivity index (χ2v) is 9.68. The van der Waals surface area contributed by atoms with Crippen molar-refractivity contribution >= 4 is 5.69 Å². The fraction of sp³-hybridized carbons (Fsp3) is 0.379. The number of piperidine rings is 1. The summed E-state index contributed by atoms with van der Waals surface area (Å²) in [4.78, 5) is 2.68. The summed E-state index contributed by atoms with van der Waals surface area (Å²) in [5, 5.41) is 0. The van der Waals surface area contributed by atoms with E-state index in [4.69, 9.17) is 10.5 Å². The molecule has 3 aromatic carbocycles. The Hall–Kier alpha value is -2.76. The van der Waals surface area contributed by atoms with Gasteiger partial charge in [-0.15, -0.1) is 0 Å². The Labute approximate surface area is 200 Å². The van der Waals surface area contributed by atoms with Gasteiger partial charge in [-0.2, -0.15) is 0 Å². The van der Waals surface area contributed by atoms with Gasteiger partial charge in [-0.05, 0) is 98.2 Å². The molecule has 2 N–H and O–H groups in total. The van der Waals surface area contributed by atoms with Crippen LogP contribution in [0.2, 0.25) is 0 Å². The Morgan fingerprint density at radius 1 is 0.794 bits per heavy atom. The summed E-state index contributed by atoms with van der Waals surface area (Å²) in [6.07, 6.45) is 6.42. The molecular weight excluding hydrogens is 430 g/mol. The highest BCUT2D eigenvalue weighted by molar-refractivity contribution is 5.39. The number of hydrogen-bond acceptors (Lipinski definition) is 3. The van der Waals surface area contributed by atoms with Gasteiger partial charge in [-0.25, -0.2) is 8.78 Å². The third-order valence-corrected chi connectivity index (χ3v) is 7.38. The maximum absolute atomic E-state index is 13.5. The van der Waals surface area contributed by atoms with Crippen LogP contribution in [0.3, 0.4) is 0 Å². The molecule has 3 aromatic rings. The minimum absolute atomic E-state index is 0.131. The molecule has 2 aliphatic heterocycles. The molecular formula is C29H32F2N2O. The van der Waals surface area contributed by atoms with E-state index in [0.717, 1.165) is 49.0 Å². The Morgan fingerprint density at radius 2 is 1.32 bits per heavy atom. The Kier molecular flexibility index (Phi) is 6.93. The molecule has 34 heavy (non-hydrogen) atoms. The first-order valence-electron chi connectivity index (χ1n) is 12.3. The molecule has 178 valence electrons. The van der Waals surface area contributed by atoms with Crippen molar-refractivity contribution in [2.75, 3.05) is 12.3 Å². The zero-order valence-corrected chi connectivity index (χ0v) is 19.4. The fourth-order valence-corrected chi connectivity index (χ4v) is 5.67. The first kappa shape index (κ1) is 23.0. The van der Waals surface area contributed by atoms with Crippen LogP contribution in [0.1, 0.15) is 54.9 Å². The summed E-state index contributed by atoms with van der Waals surface area (Å²) in [5.74, 6) is -0.543. The van der Waals surface area contributed by atoms with Crippen molar-refractivity contribution in [2.45, 2.75) is 62.8 Å². The highest BCUT2D eigenvalue weighted by Gasteiger charge is 2.41. The molecule has 0 saturated carbocycles. The second kappa shape index (κ2) is 10.2. The highest BCUT2D eigenvalue weighted by atomic mass is 19.1. The first-order valence-corrected chi connectivity index (χ1v) is 12.3. The van der Waals surface area contributed by atoms with Crippen molar-refractivity contribution < 1.29 is 13.5 Å². The van der Waals surface area contributed by atoms with Crippen molar-refractivity contribution in [3.63, 3.8) is 0 Å². The van der Waals surface area contributed by atoms with Gasteiger partial charge in [0.25, 0.3) is 0 Å². The number of benzene rings is 3. The van der Waals surface area contributed by atoms with Gasteiger partial charge in [0.15, 0.2) is 0 Å². The van der Waals surface area contributed by atoms with Crippen LogP contribution >= 0.6 is 0 Å². The summed E-state index contributed by atoms with van der Waals surface area (Å²) in [5.41, 5.74) is 9.73. The van der Waals surface area contributed by atoms with Gasteiger partial charge in [-0.1, -0.05) is 36.4 Å². The molecule has 2 saturated heterocycles. The van der Waals surface area contributed by atoms with E-state index in [1.807, 2.05) is 12.1 Å². The number of ether oxygens (including phenoxy) is 1. The number of halogens is 2. The van der Waals surface area contributed by atoms with Crippen molar-refractivity contribution in [1.82, 2.24) is 4.90 Å². The van der Waals surface area contributed by atoms with E-state index in [1.54, 1.807) is 24.3 Å². The lowest BCUT2D eigenvalue weighted by Gasteiger charge is -2.40. The van der Waals surface area contributed by atoms with Gasteiger partial charge in [0.1, 0.15) is 17.7 Å². The Bertz CT molecular complexity index is 1010. The quantitative estimate of drug-likeness (QED) is 0.400. The third-order valence-electron chi connectivity index (χ3n) is 7.38. The monoisotopic (exact) mass is 462 g/mol. The average molecular weight is 463 g/mol. The number of hydrogen-bond donors (Lipinski definition) is 1. The minimum Gasteiger partial charge on any atom is -0.399 e. The van der Waals surface area contributed by atoms with E-state index in [2.05, 4.69) is 17.0 Å². The lowest BCUT2D eigenvalue weighted by atomic mass is 9.96. The SMILES string of the molecule is Nc1ccc(CCCN2[C@@H]3CC[C@H]2CC(OC(c2ccc(F)cc2)c2ccc(F)cc2)C3)cc1. The van der Waals surface area contributed by atoms with E-state index in [0.29, 0.717) is 12.1 Å². The van der Waals surface area contributed by atoms with E-state index in [1.165, 1.54) is 42.7 Å². The van der Waals surface area contributed by atoms with Crippen LogP contribution in [0.15, 0.2) is 72.8 Å². The van der Waals surface area contributed by atoms with E-state index < -0.39 is 0 Å². The molecule has 0 aliphatic carbocycles. The highest BCUT2D eigenvalue weighted by Crippen LogP contribution is 2.40. The largest absolute Gasteiger partial charge is 0.399 e. The molecule has 3 nitrogen and oxygen atoms in total. The van der Waals surface area contributed by atoms with Crippen LogP contribution in [0, 0.1) is 11.6 Å². The van der Waals surface area contributed by atoms with Crippen molar-refractivity contribution in [2.24, 2.45) is 0 Å². The predicted molar refractivity (Wildman–Crippen MR) is 131 cm³/mol. The van der Waals surface area contributed by atoms with Gasteiger partial charge in [0.2, 0.25) is 0 Å². The lowest BCUT2D eigenvalue weighted by molar-refractivity contribution is -0.0483. The summed E-state index contributed by atoms with van der Waals surface area (Å²) < 4.78 is 33.8. The standard InChI is InChI=1S/C29H32F2N2O/c30-23-9-5-21(6-10-23)29(22-7-11-24(31)12-8-22)34-28-18-26-15-16-27(19-28)33(26)17-1-2-20-3-13-25(32)14-4-20/h3-14,26-29H,1-2,15-19,32H2/t26-,27+,28?. The number of rotatable bonds is 8. The van der Waals surface area contributed by atoms with Crippen LogP contribution in [0.25, 0.3) is 0 Å². The molecule has 2 fully saturated rings. The third kappa shape index (κ3) is 5.31. The number of nitrogen functional groups attached to an aromatic ring is 1. The van der Waals surface area contributed by atoms with Crippen LogP contribution in [-0.2, 0) is 11.2 Å². The van der Waals surface area contributed by atoms with Crippen molar-refractivity contribution in [3.05, 3.63) is 101 Å². The topological polar surface area (TPSA) is 38.5 Å². The van der Waals surface area contributed by atoms with Gasteiger partial charge < -0.3 is 10.5 Å².